The molecule has 1 amide bonds. The van der Waals surface area contributed by atoms with Crippen LogP contribution in [0.5, 0.6) is 0 Å². The molecule has 0 spiro atoms. The highest BCUT2D eigenvalue weighted by Gasteiger charge is 2.36. The third kappa shape index (κ3) is 6.48. The van der Waals surface area contributed by atoms with Gasteiger partial charge >= 0.3 is 0 Å². The van der Waals surface area contributed by atoms with E-state index in [-0.39, 0.29) is 24.0 Å². The van der Waals surface area contributed by atoms with Gasteiger partial charge in [-0.25, -0.2) is 0 Å². The largest absolute Gasteiger partial charge is 0.353 e. The van der Waals surface area contributed by atoms with Gasteiger partial charge in [0.1, 0.15) is 0 Å². The highest BCUT2D eigenvalue weighted by molar-refractivity contribution is 7.98. The van der Waals surface area contributed by atoms with Gasteiger partial charge in [-0.15, -0.1) is 11.8 Å². The maximum Gasteiger partial charge on any atom is 0.237 e. The van der Waals surface area contributed by atoms with E-state index in [9.17, 15) is 4.79 Å². The topological polar surface area (TPSA) is 44.4 Å². The number of hydrogen-bond acceptors (Lipinski definition) is 4. The summed E-state index contributed by atoms with van der Waals surface area (Å²) < 4.78 is 0. The van der Waals surface area contributed by atoms with Gasteiger partial charge in [-0.1, -0.05) is 35.9 Å². The molecule has 1 aliphatic rings. The number of hydrogen-bond donors (Lipinski definition) is 2. The first-order valence-corrected chi connectivity index (χ1v) is 11.7. The number of halogens is 1. The van der Waals surface area contributed by atoms with E-state index in [4.69, 9.17) is 11.6 Å². The van der Waals surface area contributed by atoms with Crippen LogP contribution in [0, 0.1) is 0 Å². The Labute approximate surface area is 183 Å². The maximum atomic E-state index is 12.8. The Morgan fingerprint density at radius 3 is 2.62 bits per heavy atom. The molecule has 1 fully saturated rings. The molecule has 0 unspecified atom stereocenters. The van der Waals surface area contributed by atoms with Crippen LogP contribution in [-0.2, 0) is 17.9 Å². The van der Waals surface area contributed by atoms with E-state index in [1.807, 2.05) is 32.0 Å². The summed E-state index contributed by atoms with van der Waals surface area (Å²) in [5.41, 5.74) is 2.40. The van der Waals surface area contributed by atoms with Crippen LogP contribution in [0.1, 0.15) is 31.4 Å². The summed E-state index contributed by atoms with van der Waals surface area (Å²) in [4.78, 5) is 16.3. The first-order valence-electron chi connectivity index (χ1n) is 10.1. The average molecular weight is 432 g/mol. The third-order valence-corrected chi connectivity index (χ3v) is 6.14. The van der Waals surface area contributed by atoms with Crippen molar-refractivity contribution in [2.75, 3.05) is 12.8 Å². The smallest absolute Gasteiger partial charge is 0.237 e. The molecule has 0 radical (unpaired) electrons. The van der Waals surface area contributed by atoms with Crippen molar-refractivity contribution in [1.82, 2.24) is 15.5 Å². The molecule has 0 bridgehead atoms. The molecular weight excluding hydrogens is 402 g/mol. The van der Waals surface area contributed by atoms with E-state index in [0.717, 1.165) is 36.6 Å². The predicted molar refractivity (Wildman–Crippen MR) is 122 cm³/mol. The number of likely N-dealkylation sites (tertiary alicyclic amines) is 1. The van der Waals surface area contributed by atoms with Crippen molar-refractivity contribution in [1.29, 1.82) is 0 Å². The molecule has 2 aromatic rings. The van der Waals surface area contributed by atoms with Gasteiger partial charge in [0, 0.05) is 41.6 Å². The van der Waals surface area contributed by atoms with Gasteiger partial charge in [0.2, 0.25) is 5.91 Å². The lowest BCUT2D eigenvalue weighted by Crippen LogP contribution is -2.45. The average Bonchev–Trinajstić information content (AvgIpc) is 3.09. The Morgan fingerprint density at radius 1 is 1.21 bits per heavy atom. The van der Waals surface area contributed by atoms with E-state index < -0.39 is 0 Å². The van der Waals surface area contributed by atoms with Crippen LogP contribution in [-0.4, -0.2) is 41.7 Å². The fourth-order valence-corrected chi connectivity index (χ4v) is 4.38. The van der Waals surface area contributed by atoms with Gasteiger partial charge in [-0.05, 0) is 61.9 Å². The van der Waals surface area contributed by atoms with Gasteiger partial charge < -0.3 is 10.6 Å². The second-order valence-electron chi connectivity index (χ2n) is 7.90. The number of rotatable bonds is 8. The SMILES string of the molecule is CSc1ccc(CN[C@@H]2C[C@@H](C(=O)NC(C)C)N(Cc3cccc(Cl)c3)C2)cc1. The van der Waals surface area contributed by atoms with Crippen molar-refractivity contribution in [3.05, 3.63) is 64.7 Å². The molecule has 156 valence electrons. The molecular formula is C23H30ClN3OS. The van der Waals surface area contributed by atoms with E-state index in [1.165, 1.54) is 10.5 Å². The van der Waals surface area contributed by atoms with Crippen LogP contribution in [0.2, 0.25) is 5.02 Å². The standard InChI is InChI=1S/C23H30ClN3OS/c1-16(2)26-23(28)22-12-20(25-13-17-7-9-21(29-3)10-8-17)15-27(22)14-18-5-4-6-19(24)11-18/h4-11,16,20,22,25H,12-15H2,1-3H3,(H,26,28)/t20-,22+/m1/s1. The minimum absolute atomic E-state index is 0.107. The van der Waals surface area contributed by atoms with Crippen molar-refractivity contribution in [2.45, 2.75) is 56.4 Å². The number of nitrogens with one attached hydrogen (secondary N) is 2. The molecule has 4 nitrogen and oxygen atoms in total. The fourth-order valence-electron chi connectivity index (χ4n) is 3.76. The van der Waals surface area contributed by atoms with Gasteiger partial charge in [0.05, 0.1) is 6.04 Å². The zero-order valence-corrected chi connectivity index (χ0v) is 18.9. The normalized spacial score (nSPS) is 19.6. The summed E-state index contributed by atoms with van der Waals surface area (Å²) in [5.74, 6) is 0.107. The van der Waals surface area contributed by atoms with Crippen LogP contribution in [0.4, 0.5) is 0 Å². The molecule has 3 rings (SSSR count). The minimum Gasteiger partial charge on any atom is -0.353 e. The molecule has 29 heavy (non-hydrogen) atoms. The molecule has 2 N–H and O–H groups in total. The van der Waals surface area contributed by atoms with E-state index >= 15 is 0 Å². The third-order valence-electron chi connectivity index (χ3n) is 5.17. The molecule has 2 aromatic carbocycles. The van der Waals surface area contributed by atoms with Gasteiger partial charge in [0.15, 0.2) is 0 Å². The van der Waals surface area contributed by atoms with Crippen LogP contribution < -0.4 is 10.6 Å². The number of nitrogens with zero attached hydrogens (tertiary/aromatic N) is 1. The second-order valence-corrected chi connectivity index (χ2v) is 9.22. The van der Waals surface area contributed by atoms with Crippen molar-refractivity contribution in [3.63, 3.8) is 0 Å². The number of thioether (sulfide) groups is 1. The quantitative estimate of drug-likeness (QED) is 0.611. The molecule has 1 heterocycles. The first kappa shape index (κ1) is 22.2. The summed E-state index contributed by atoms with van der Waals surface area (Å²) >= 11 is 7.90. The Hall–Kier alpha value is -1.53. The Kier molecular flexibility index (Phi) is 8.01. The molecule has 2 atom stereocenters. The lowest BCUT2D eigenvalue weighted by molar-refractivity contribution is -0.126. The molecule has 6 heteroatoms. The van der Waals surface area contributed by atoms with E-state index in [1.54, 1.807) is 11.8 Å². The monoisotopic (exact) mass is 431 g/mol. The van der Waals surface area contributed by atoms with E-state index in [2.05, 4.69) is 52.1 Å². The lowest BCUT2D eigenvalue weighted by atomic mass is 10.1. The fraction of sp³-hybridized carbons (Fsp3) is 0.435. The Balaban J connectivity index is 1.65. The number of benzene rings is 2. The summed E-state index contributed by atoms with van der Waals surface area (Å²) in [7, 11) is 0. The van der Waals surface area contributed by atoms with Crippen LogP contribution in [0.3, 0.4) is 0 Å². The van der Waals surface area contributed by atoms with Crippen molar-refractivity contribution in [3.8, 4) is 0 Å². The number of carbonyl (C=O) groups is 1. The molecule has 0 aliphatic carbocycles. The molecule has 0 saturated carbocycles. The van der Waals surface area contributed by atoms with Crippen molar-refractivity contribution >= 4 is 29.3 Å². The molecule has 1 aliphatic heterocycles. The Bertz CT molecular complexity index is 812. The van der Waals surface area contributed by atoms with Crippen LogP contribution in [0.15, 0.2) is 53.4 Å². The van der Waals surface area contributed by atoms with Crippen molar-refractivity contribution in [2.24, 2.45) is 0 Å². The highest BCUT2D eigenvalue weighted by Crippen LogP contribution is 2.23. The summed E-state index contributed by atoms with van der Waals surface area (Å²) in [5, 5.41) is 7.46. The maximum absolute atomic E-state index is 12.8. The zero-order valence-electron chi connectivity index (χ0n) is 17.3. The molecule has 0 aromatic heterocycles. The summed E-state index contributed by atoms with van der Waals surface area (Å²) in [6.45, 7) is 6.37. The van der Waals surface area contributed by atoms with Gasteiger partial charge in [-0.2, -0.15) is 0 Å². The number of carbonyl (C=O) groups excluding carboxylic acids is 1. The second kappa shape index (κ2) is 10.5. The molecule has 1 saturated heterocycles. The zero-order chi connectivity index (χ0) is 20.8. The highest BCUT2D eigenvalue weighted by atomic mass is 35.5. The van der Waals surface area contributed by atoms with Crippen molar-refractivity contribution < 1.29 is 4.79 Å². The van der Waals surface area contributed by atoms with E-state index in [0.29, 0.717) is 0 Å². The predicted octanol–water partition coefficient (Wildman–Crippen LogP) is 4.32. The van der Waals surface area contributed by atoms with Crippen LogP contribution >= 0.6 is 23.4 Å². The summed E-state index contributed by atoms with van der Waals surface area (Å²) in [6, 6.07) is 16.8. The minimum atomic E-state index is -0.132. The summed E-state index contributed by atoms with van der Waals surface area (Å²) in [6.07, 6.45) is 2.89. The van der Waals surface area contributed by atoms with Gasteiger partial charge in [-0.3, -0.25) is 9.69 Å². The van der Waals surface area contributed by atoms with Gasteiger partial charge in [0.25, 0.3) is 0 Å². The number of amides is 1. The lowest BCUT2D eigenvalue weighted by Gasteiger charge is -2.24. The Morgan fingerprint density at radius 2 is 1.97 bits per heavy atom. The first-order chi connectivity index (χ1) is 13.9. The van der Waals surface area contributed by atoms with Crippen LogP contribution in [0.25, 0.3) is 0 Å².